The fraction of sp³-hybridized carbons (Fsp3) is 0.0952. The molecule has 0 bridgehead atoms. The van der Waals surface area contributed by atoms with Crippen molar-refractivity contribution in [1.82, 2.24) is 0 Å². The molecule has 0 aliphatic carbocycles. The molecule has 0 unspecified atom stereocenters. The first-order chi connectivity index (χ1) is 12.7. The zero-order valence-electron chi connectivity index (χ0n) is 14.0. The molecule has 0 amide bonds. The molecule has 128 valence electrons. The lowest BCUT2D eigenvalue weighted by molar-refractivity contribution is -0.384. The van der Waals surface area contributed by atoms with Crippen LogP contribution in [-0.4, -0.2) is 10.6 Å². The van der Waals surface area contributed by atoms with Gasteiger partial charge in [-0.3, -0.25) is 15.1 Å². The first-order valence-corrected chi connectivity index (χ1v) is 8.43. The molecular formula is C21H17N3O2. The zero-order chi connectivity index (χ0) is 17.9. The van der Waals surface area contributed by atoms with Gasteiger partial charge < -0.3 is 5.32 Å². The average Bonchev–Trinajstić information content (AvgIpc) is 2.88. The molecule has 0 saturated heterocycles. The molecule has 5 heteroatoms. The number of benzene rings is 3. The van der Waals surface area contributed by atoms with Crippen LogP contribution in [0.5, 0.6) is 0 Å². The number of hydrogen-bond acceptors (Lipinski definition) is 4. The molecule has 4 rings (SSSR count). The first-order valence-electron chi connectivity index (χ1n) is 8.43. The summed E-state index contributed by atoms with van der Waals surface area (Å²) in [6.07, 6.45) is 0.639. The standard InChI is InChI=1S/C21H17N3O2/c25-24(26)17-10-6-9-16(13-17)21-14-20(15-7-2-1-3-8-15)22-18-11-4-5-12-19(18)23-21/h1-13,20,22H,14H2/t20-/m0/s1. The summed E-state index contributed by atoms with van der Waals surface area (Å²) < 4.78 is 0. The molecule has 5 nitrogen and oxygen atoms in total. The number of nitrogens with zero attached hydrogens (tertiary/aromatic N) is 2. The maximum atomic E-state index is 11.1. The highest BCUT2D eigenvalue weighted by atomic mass is 16.6. The van der Waals surface area contributed by atoms with Crippen LogP contribution >= 0.6 is 0 Å². The van der Waals surface area contributed by atoms with E-state index in [1.165, 1.54) is 6.07 Å². The van der Waals surface area contributed by atoms with E-state index in [9.17, 15) is 10.1 Å². The average molecular weight is 343 g/mol. The van der Waals surface area contributed by atoms with Crippen molar-refractivity contribution < 1.29 is 4.92 Å². The normalized spacial score (nSPS) is 16.0. The van der Waals surface area contributed by atoms with Crippen LogP contribution < -0.4 is 5.32 Å². The summed E-state index contributed by atoms with van der Waals surface area (Å²) in [5.41, 5.74) is 4.64. The van der Waals surface area contributed by atoms with Crippen LogP contribution in [0.25, 0.3) is 0 Å². The Morgan fingerprint density at radius 3 is 2.54 bits per heavy atom. The van der Waals surface area contributed by atoms with Gasteiger partial charge in [0.25, 0.3) is 5.69 Å². The second-order valence-electron chi connectivity index (χ2n) is 6.19. The van der Waals surface area contributed by atoms with Gasteiger partial charge in [0.1, 0.15) is 0 Å². The molecule has 0 radical (unpaired) electrons. The van der Waals surface area contributed by atoms with Crippen molar-refractivity contribution in [2.75, 3.05) is 5.32 Å². The van der Waals surface area contributed by atoms with Gasteiger partial charge in [-0.2, -0.15) is 0 Å². The second kappa shape index (κ2) is 6.80. The minimum absolute atomic E-state index is 0.0397. The maximum Gasteiger partial charge on any atom is 0.270 e. The van der Waals surface area contributed by atoms with Crippen molar-refractivity contribution >= 4 is 22.8 Å². The predicted molar refractivity (Wildman–Crippen MR) is 103 cm³/mol. The van der Waals surface area contributed by atoms with Gasteiger partial charge in [-0.05, 0) is 17.7 Å². The Kier molecular flexibility index (Phi) is 4.19. The van der Waals surface area contributed by atoms with Gasteiger partial charge in [0.2, 0.25) is 0 Å². The summed E-state index contributed by atoms with van der Waals surface area (Å²) in [6.45, 7) is 0. The monoisotopic (exact) mass is 343 g/mol. The number of anilines is 1. The van der Waals surface area contributed by atoms with Crippen LogP contribution in [0.2, 0.25) is 0 Å². The minimum Gasteiger partial charge on any atom is -0.376 e. The van der Waals surface area contributed by atoms with Gasteiger partial charge in [0.05, 0.1) is 28.1 Å². The van der Waals surface area contributed by atoms with Crippen LogP contribution in [0.4, 0.5) is 17.1 Å². The minimum atomic E-state index is -0.373. The van der Waals surface area contributed by atoms with Gasteiger partial charge in [-0.1, -0.05) is 54.6 Å². The molecule has 1 aliphatic heterocycles. The molecule has 1 atom stereocenters. The van der Waals surface area contributed by atoms with E-state index in [0.717, 1.165) is 28.2 Å². The van der Waals surface area contributed by atoms with E-state index >= 15 is 0 Å². The summed E-state index contributed by atoms with van der Waals surface area (Å²) in [5, 5.41) is 14.7. The van der Waals surface area contributed by atoms with Crippen molar-refractivity contribution in [1.29, 1.82) is 0 Å². The molecule has 26 heavy (non-hydrogen) atoms. The number of rotatable bonds is 3. The highest BCUT2D eigenvalue weighted by Gasteiger charge is 2.21. The van der Waals surface area contributed by atoms with Gasteiger partial charge in [0.15, 0.2) is 0 Å². The zero-order valence-corrected chi connectivity index (χ0v) is 14.0. The van der Waals surface area contributed by atoms with E-state index in [1.807, 2.05) is 48.5 Å². The van der Waals surface area contributed by atoms with E-state index in [1.54, 1.807) is 12.1 Å². The Labute approximate surface area is 151 Å². The van der Waals surface area contributed by atoms with Crippen LogP contribution in [0, 0.1) is 10.1 Å². The Morgan fingerprint density at radius 1 is 0.962 bits per heavy atom. The smallest absolute Gasteiger partial charge is 0.270 e. The Bertz CT molecular complexity index is 983. The fourth-order valence-electron chi connectivity index (χ4n) is 3.18. The molecule has 0 saturated carbocycles. The van der Waals surface area contributed by atoms with E-state index in [-0.39, 0.29) is 16.7 Å². The molecule has 3 aromatic carbocycles. The molecule has 1 N–H and O–H groups in total. The largest absolute Gasteiger partial charge is 0.376 e. The van der Waals surface area contributed by atoms with E-state index in [2.05, 4.69) is 17.4 Å². The Morgan fingerprint density at radius 2 is 1.73 bits per heavy atom. The lowest BCUT2D eigenvalue weighted by Gasteiger charge is -2.19. The molecule has 1 heterocycles. The lowest BCUT2D eigenvalue weighted by Crippen LogP contribution is -2.14. The number of nitro benzene ring substituents is 1. The second-order valence-corrected chi connectivity index (χ2v) is 6.19. The summed E-state index contributed by atoms with van der Waals surface area (Å²) in [7, 11) is 0. The van der Waals surface area contributed by atoms with E-state index in [0.29, 0.717) is 6.42 Å². The number of fused-ring (bicyclic) bond motifs is 1. The highest BCUT2D eigenvalue weighted by molar-refractivity contribution is 6.04. The fourth-order valence-corrected chi connectivity index (χ4v) is 3.18. The van der Waals surface area contributed by atoms with Crippen LogP contribution in [0.1, 0.15) is 23.6 Å². The molecule has 0 fully saturated rings. The van der Waals surface area contributed by atoms with Crippen molar-refractivity contribution in [3.8, 4) is 0 Å². The molecule has 0 spiro atoms. The molecule has 3 aromatic rings. The Hall–Kier alpha value is -3.47. The van der Waals surface area contributed by atoms with Crippen molar-refractivity contribution in [2.24, 2.45) is 4.99 Å². The van der Waals surface area contributed by atoms with Crippen molar-refractivity contribution in [2.45, 2.75) is 12.5 Å². The topological polar surface area (TPSA) is 67.5 Å². The van der Waals surface area contributed by atoms with E-state index in [4.69, 9.17) is 4.99 Å². The number of nitrogens with one attached hydrogen (secondary N) is 1. The molecule has 1 aliphatic rings. The third-order valence-corrected chi connectivity index (χ3v) is 4.48. The van der Waals surface area contributed by atoms with Crippen LogP contribution in [0.3, 0.4) is 0 Å². The van der Waals surface area contributed by atoms with Gasteiger partial charge >= 0.3 is 0 Å². The number of nitro groups is 1. The summed E-state index contributed by atoms with van der Waals surface area (Å²) in [5.74, 6) is 0. The lowest BCUT2D eigenvalue weighted by atomic mass is 9.97. The van der Waals surface area contributed by atoms with Gasteiger partial charge in [-0.15, -0.1) is 0 Å². The predicted octanol–water partition coefficient (Wildman–Crippen LogP) is 5.27. The van der Waals surface area contributed by atoms with Crippen molar-refractivity contribution in [3.05, 3.63) is 100 Å². The first kappa shape index (κ1) is 16.0. The van der Waals surface area contributed by atoms with Crippen LogP contribution in [0.15, 0.2) is 83.9 Å². The summed E-state index contributed by atoms with van der Waals surface area (Å²) in [6, 6.07) is 24.8. The van der Waals surface area contributed by atoms with Gasteiger partial charge in [-0.25, -0.2) is 0 Å². The third-order valence-electron chi connectivity index (χ3n) is 4.48. The SMILES string of the molecule is O=[N+]([O-])c1cccc(C2=Nc3ccccc3N[C@H](c3ccccc3)C2)c1. The maximum absolute atomic E-state index is 11.1. The third kappa shape index (κ3) is 3.19. The van der Waals surface area contributed by atoms with Crippen molar-refractivity contribution in [3.63, 3.8) is 0 Å². The number of aliphatic imine (C=N–C) groups is 1. The number of hydrogen-bond donors (Lipinski definition) is 1. The quantitative estimate of drug-likeness (QED) is 0.520. The highest BCUT2D eigenvalue weighted by Crippen LogP contribution is 2.35. The number of non-ortho nitro benzene ring substituents is 1. The van der Waals surface area contributed by atoms with Crippen LogP contribution in [-0.2, 0) is 0 Å². The summed E-state index contributed by atoms with van der Waals surface area (Å²) in [4.78, 5) is 15.6. The number of para-hydroxylation sites is 2. The summed E-state index contributed by atoms with van der Waals surface area (Å²) >= 11 is 0. The van der Waals surface area contributed by atoms with E-state index < -0.39 is 0 Å². The Balaban J connectivity index is 1.81. The molecular weight excluding hydrogens is 326 g/mol. The molecule has 0 aromatic heterocycles. The van der Waals surface area contributed by atoms with Gasteiger partial charge in [0, 0.05) is 24.1 Å².